The predicted molar refractivity (Wildman–Crippen MR) is 105 cm³/mol. The standard InChI is InChI=1S/C22H19FN4/c1-14-6-4-8-19(16(14)3)25-26-22-20(17-9-11-18(23)12-10-17)24-21-15(2)7-5-13-27(21)22/h4-13H,1-3H3. The number of hydrogen-bond acceptors (Lipinski definition) is 3. The number of rotatable bonds is 3. The van der Waals surface area contributed by atoms with Crippen LogP contribution in [0.15, 0.2) is 71.0 Å². The van der Waals surface area contributed by atoms with E-state index in [9.17, 15) is 4.39 Å². The molecule has 4 rings (SSSR count). The second-order valence-corrected chi connectivity index (χ2v) is 6.59. The van der Waals surface area contributed by atoms with Crippen molar-refractivity contribution < 1.29 is 4.39 Å². The normalized spacial score (nSPS) is 11.6. The number of fused-ring (bicyclic) bond motifs is 1. The van der Waals surface area contributed by atoms with E-state index in [4.69, 9.17) is 4.98 Å². The van der Waals surface area contributed by atoms with E-state index in [0.717, 1.165) is 28.0 Å². The molecule has 0 aliphatic rings. The number of aromatic nitrogens is 2. The Hall–Kier alpha value is -3.34. The molecule has 27 heavy (non-hydrogen) atoms. The van der Waals surface area contributed by atoms with Gasteiger partial charge in [-0.25, -0.2) is 9.37 Å². The van der Waals surface area contributed by atoms with Crippen LogP contribution in [0.2, 0.25) is 0 Å². The summed E-state index contributed by atoms with van der Waals surface area (Å²) < 4.78 is 15.3. The lowest BCUT2D eigenvalue weighted by Gasteiger charge is -2.03. The van der Waals surface area contributed by atoms with Gasteiger partial charge in [-0.05, 0) is 73.9 Å². The minimum Gasteiger partial charge on any atom is -0.282 e. The maximum Gasteiger partial charge on any atom is 0.187 e. The lowest BCUT2D eigenvalue weighted by atomic mass is 10.1. The van der Waals surface area contributed by atoms with Gasteiger partial charge >= 0.3 is 0 Å². The fourth-order valence-corrected chi connectivity index (χ4v) is 3.03. The Morgan fingerprint density at radius 2 is 1.59 bits per heavy atom. The molecule has 134 valence electrons. The zero-order chi connectivity index (χ0) is 19.0. The molecule has 0 aliphatic carbocycles. The van der Waals surface area contributed by atoms with Crippen molar-refractivity contribution in [1.82, 2.24) is 9.38 Å². The Labute approximate surface area is 157 Å². The van der Waals surface area contributed by atoms with E-state index < -0.39 is 0 Å². The van der Waals surface area contributed by atoms with Crippen molar-refractivity contribution in [1.29, 1.82) is 0 Å². The molecule has 0 unspecified atom stereocenters. The first-order valence-electron chi connectivity index (χ1n) is 8.76. The molecule has 0 radical (unpaired) electrons. The molecule has 2 heterocycles. The molecule has 0 atom stereocenters. The molecule has 2 aromatic heterocycles. The number of azo groups is 1. The monoisotopic (exact) mass is 358 g/mol. The van der Waals surface area contributed by atoms with Crippen LogP contribution in [0.25, 0.3) is 16.9 Å². The third-order valence-corrected chi connectivity index (χ3v) is 4.77. The number of halogens is 1. The second kappa shape index (κ2) is 6.76. The summed E-state index contributed by atoms with van der Waals surface area (Å²) in [5.74, 6) is 0.346. The van der Waals surface area contributed by atoms with Crippen molar-refractivity contribution in [2.75, 3.05) is 0 Å². The number of pyridine rings is 1. The zero-order valence-electron chi connectivity index (χ0n) is 15.4. The third-order valence-electron chi connectivity index (χ3n) is 4.77. The number of benzene rings is 2. The molecule has 0 spiro atoms. The van der Waals surface area contributed by atoms with Crippen LogP contribution < -0.4 is 0 Å². The number of nitrogens with zero attached hydrogens (tertiary/aromatic N) is 4. The van der Waals surface area contributed by atoms with E-state index in [1.165, 1.54) is 17.7 Å². The van der Waals surface area contributed by atoms with Crippen molar-refractivity contribution in [3.63, 3.8) is 0 Å². The molecule has 0 fully saturated rings. The maximum atomic E-state index is 13.4. The molecule has 5 heteroatoms. The Balaban J connectivity index is 1.91. The van der Waals surface area contributed by atoms with Crippen molar-refractivity contribution in [3.05, 3.63) is 83.3 Å². The smallest absolute Gasteiger partial charge is 0.187 e. The van der Waals surface area contributed by atoms with Gasteiger partial charge in [0.2, 0.25) is 0 Å². The van der Waals surface area contributed by atoms with Gasteiger partial charge < -0.3 is 0 Å². The number of hydrogen-bond donors (Lipinski definition) is 0. The highest BCUT2D eigenvalue weighted by molar-refractivity contribution is 5.75. The maximum absolute atomic E-state index is 13.4. The summed E-state index contributed by atoms with van der Waals surface area (Å²) in [7, 11) is 0. The number of aryl methyl sites for hydroxylation is 2. The Kier molecular flexibility index (Phi) is 4.28. The van der Waals surface area contributed by atoms with Crippen molar-refractivity contribution >= 4 is 17.2 Å². The van der Waals surface area contributed by atoms with Gasteiger partial charge in [0.05, 0.1) is 5.69 Å². The van der Waals surface area contributed by atoms with Crippen LogP contribution in [0.5, 0.6) is 0 Å². The average molecular weight is 358 g/mol. The van der Waals surface area contributed by atoms with Gasteiger partial charge in [-0.2, -0.15) is 0 Å². The van der Waals surface area contributed by atoms with Crippen LogP contribution in [0.1, 0.15) is 16.7 Å². The molecule has 4 nitrogen and oxygen atoms in total. The van der Waals surface area contributed by atoms with E-state index in [-0.39, 0.29) is 5.82 Å². The quantitative estimate of drug-likeness (QED) is 0.386. The summed E-state index contributed by atoms with van der Waals surface area (Å²) >= 11 is 0. The van der Waals surface area contributed by atoms with E-state index in [1.54, 1.807) is 12.1 Å². The van der Waals surface area contributed by atoms with Gasteiger partial charge in [0.25, 0.3) is 0 Å². The topological polar surface area (TPSA) is 42.0 Å². The van der Waals surface area contributed by atoms with Crippen molar-refractivity contribution in [2.24, 2.45) is 10.2 Å². The summed E-state index contributed by atoms with van der Waals surface area (Å²) in [5.41, 5.74) is 6.41. The summed E-state index contributed by atoms with van der Waals surface area (Å²) in [6.07, 6.45) is 1.92. The molecular weight excluding hydrogens is 339 g/mol. The van der Waals surface area contributed by atoms with Gasteiger partial charge in [0.1, 0.15) is 17.2 Å². The minimum absolute atomic E-state index is 0.280. The minimum atomic E-state index is -0.280. The van der Waals surface area contributed by atoms with Crippen LogP contribution >= 0.6 is 0 Å². The molecule has 0 saturated carbocycles. The Morgan fingerprint density at radius 3 is 2.37 bits per heavy atom. The molecule has 0 bridgehead atoms. The SMILES string of the molecule is Cc1cccc(N=Nc2c(-c3ccc(F)cc3)nc3c(C)cccn23)c1C. The Bertz CT molecular complexity index is 1160. The molecule has 0 N–H and O–H groups in total. The van der Waals surface area contributed by atoms with Gasteiger partial charge in [-0.3, -0.25) is 4.40 Å². The largest absolute Gasteiger partial charge is 0.282 e. The number of imidazole rings is 1. The third kappa shape index (κ3) is 3.12. The molecule has 0 saturated heterocycles. The van der Waals surface area contributed by atoms with Crippen LogP contribution in [0.4, 0.5) is 15.9 Å². The van der Waals surface area contributed by atoms with E-state index >= 15 is 0 Å². The zero-order valence-corrected chi connectivity index (χ0v) is 15.4. The van der Waals surface area contributed by atoms with Crippen LogP contribution in [-0.2, 0) is 0 Å². The summed E-state index contributed by atoms with van der Waals surface area (Å²) in [4.78, 5) is 4.75. The van der Waals surface area contributed by atoms with Gasteiger partial charge in [0, 0.05) is 11.8 Å². The van der Waals surface area contributed by atoms with Crippen LogP contribution in [-0.4, -0.2) is 9.38 Å². The molecular formula is C22H19FN4. The van der Waals surface area contributed by atoms with Crippen molar-refractivity contribution in [2.45, 2.75) is 20.8 Å². The van der Waals surface area contributed by atoms with Crippen LogP contribution in [0, 0.1) is 26.6 Å². The van der Waals surface area contributed by atoms with Gasteiger partial charge in [-0.15, -0.1) is 10.2 Å². The first kappa shape index (κ1) is 17.1. The van der Waals surface area contributed by atoms with Crippen molar-refractivity contribution in [3.8, 4) is 11.3 Å². The van der Waals surface area contributed by atoms with Crippen LogP contribution in [0.3, 0.4) is 0 Å². The average Bonchev–Trinajstić information content (AvgIpc) is 3.04. The highest BCUT2D eigenvalue weighted by Crippen LogP contribution is 2.33. The molecule has 0 aliphatic heterocycles. The van der Waals surface area contributed by atoms with Gasteiger partial charge in [0.15, 0.2) is 5.82 Å². The Morgan fingerprint density at radius 1 is 0.852 bits per heavy atom. The highest BCUT2D eigenvalue weighted by Gasteiger charge is 2.15. The lowest BCUT2D eigenvalue weighted by Crippen LogP contribution is -1.85. The summed E-state index contributed by atoms with van der Waals surface area (Å²) in [5, 5.41) is 9.02. The predicted octanol–water partition coefficient (Wildman–Crippen LogP) is 6.48. The fourth-order valence-electron chi connectivity index (χ4n) is 3.03. The van der Waals surface area contributed by atoms with E-state index in [2.05, 4.69) is 23.2 Å². The first-order chi connectivity index (χ1) is 13.0. The van der Waals surface area contributed by atoms with E-state index in [1.807, 2.05) is 48.7 Å². The molecule has 2 aromatic carbocycles. The highest BCUT2D eigenvalue weighted by atomic mass is 19.1. The molecule has 0 amide bonds. The van der Waals surface area contributed by atoms with E-state index in [0.29, 0.717) is 11.5 Å². The summed E-state index contributed by atoms with van der Waals surface area (Å²) in [6.45, 7) is 6.08. The fraction of sp³-hybridized carbons (Fsp3) is 0.136. The molecule has 4 aromatic rings. The first-order valence-corrected chi connectivity index (χ1v) is 8.76. The lowest BCUT2D eigenvalue weighted by molar-refractivity contribution is 0.628. The second-order valence-electron chi connectivity index (χ2n) is 6.59. The summed E-state index contributed by atoms with van der Waals surface area (Å²) in [6, 6.07) is 16.2. The van der Waals surface area contributed by atoms with Gasteiger partial charge in [-0.1, -0.05) is 18.2 Å².